The van der Waals surface area contributed by atoms with Gasteiger partial charge in [0.2, 0.25) is 0 Å². The summed E-state index contributed by atoms with van der Waals surface area (Å²) in [6, 6.07) is 8.25. The molecule has 1 aromatic carbocycles. The van der Waals surface area contributed by atoms with Gasteiger partial charge in [-0.3, -0.25) is 4.79 Å². The van der Waals surface area contributed by atoms with Crippen LogP contribution in [0.1, 0.15) is 32.0 Å². The van der Waals surface area contributed by atoms with Crippen LogP contribution in [0.25, 0.3) is 16.6 Å². The fourth-order valence-corrected chi connectivity index (χ4v) is 3.40. The molecule has 0 unspecified atom stereocenters. The molecule has 0 saturated carbocycles. The Bertz CT molecular complexity index is 735. The van der Waals surface area contributed by atoms with E-state index in [0.29, 0.717) is 6.42 Å². The van der Waals surface area contributed by atoms with Crippen LogP contribution in [0, 0.1) is 0 Å². The van der Waals surface area contributed by atoms with Crippen LogP contribution in [0.2, 0.25) is 0 Å². The number of para-hydroxylation sites is 1. The summed E-state index contributed by atoms with van der Waals surface area (Å²) in [6.07, 6.45) is 2.58. The lowest BCUT2D eigenvalue weighted by Gasteiger charge is -2.18. The molecule has 20 heavy (non-hydrogen) atoms. The van der Waals surface area contributed by atoms with Gasteiger partial charge in [0, 0.05) is 22.2 Å². The van der Waals surface area contributed by atoms with Gasteiger partial charge >= 0.3 is 5.97 Å². The molecule has 0 saturated heterocycles. The molecule has 1 aliphatic rings. The largest absolute Gasteiger partial charge is 0.469 e. The zero-order chi connectivity index (χ0) is 14.5. The van der Waals surface area contributed by atoms with Crippen LogP contribution >= 0.6 is 0 Å². The van der Waals surface area contributed by atoms with Gasteiger partial charge in [0.25, 0.3) is 0 Å². The molecule has 1 aromatic heterocycles. The van der Waals surface area contributed by atoms with E-state index in [4.69, 9.17) is 4.74 Å². The minimum absolute atomic E-state index is 0.0630. The summed E-state index contributed by atoms with van der Waals surface area (Å²) in [6.45, 7) is 6.50. The SMILES string of the molecule is COC(=O)Cc1c2n(c3ccccc13)C(C)=CC2(C)C. The number of rotatable bonds is 2. The lowest BCUT2D eigenvalue weighted by molar-refractivity contribution is -0.139. The van der Waals surface area contributed by atoms with E-state index in [1.54, 1.807) is 0 Å². The van der Waals surface area contributed by atoms with Crippen LogP contribution in [0.15, 0.2) is 30.3 Å². The van der Waals surface area contributed by atoms with Crippen molar-refractivity contribution in [3.05, 3.63) is 41.6 Å². The second-order valence-corrected chi connectivity index (χ2v) is 5.94. The van der Waals surface area contributed by atoms with Crippen molar-refractivity contribution in [2.75, 3.05) is 7.11 Å². The first-order valence-corrected chi connectivity index (χ1v) is 6.85. The van der Waals surface area contributed by atoms with Gasteiger partial charge in [0.1, 0.15) is 0 Å². The van der Waals surface area contributed by atoms with Gasteiger partial charge in [-0.25, -0.2) is 0 Å². The summed E-state index contributed by atoms with van der Waals surface area (Å²) in [4.78, 5) is 11.8. The van der Waals surface area contributed by atoms with E-state index in [1.807, 2.05) is 12.1 Å². The van der Waals surface area contributed by atoms with Gasteiger partial charge < -0.3 is 9.30 Å². The highest BCUT2D eigenvalue weighted by atomic mass is 16.5. The number of hydrogen-bond acceptors (Lipinski definition) is 2. The summed E-state index contributed by atoms with van der Waals surface area (Å²) in [5, 5.41) is 1.15. The summed E-state index contributed by atoms with van der Waals surface area (Å²) < 4.78 is 7.13. The summed E-state index contributed by atoms with van der Waals surface area (Å²) in [7, 11) is 1.44. The molecule has 2 heterocycles. The summed E-state index contributed by atoms with van der Waals surface area (Å²) >= 11 is 0. The van der Waals surface area contributed by atoms with Crippen molar-refractivity contribution < 1.29 is 9.53 Å². The molecule has 1 aliphatic heterocycles. The monoisotopic (exact) mass is 269 g/mol. The molecule has 104 valence electrons. The van der Waals surface area contributed by atoms with Gasteiger partial charge in [-0.1, -0.05) is 38.1 Å². The predicted octanol–water partition coefficient (Wildman–Crippen LogP) is 3.51. The molecule has 3 nitrogen and oxygen atoms in total. The fourth-order valence-electron chi connectivity index (χ4n) is 3.40. The number of benzene rings is 1. The maximum absolute atomic E-state index is 11.8. The molecule has 2 aromatic rings. The van der Waals surface area contributed by atoms with Crippen molar-refractivity contribution in [3.8, 4) is 0 Å². The molecular weight excluding hydrogens is 250 g/mol. The van der Waals surface area contributed by atoms with E-state index < -0.39 is 0 Å². The highest BCUT2D eigenvalue weighted by Gasteiger charge is 2.34. The van der Waals surface area contributed by atoms with E-state index in [-0.39, 0.29) is 11.4 Å². The third kappa shape index (κ3) is 1.69. The third-order valence-corrected chi connectivity index (χ3v) is 4.06. The third-order valence-electron chi connectivity index (χ3n) is 4.06. The molecule has 0 fully saturated rings. The van der Waals surface area contributed by atoms with Crippen molar-refractivity contribution in [2.45, 2.75) is 32.6 Å². The zero-order valence-electron chi connectivity index (χ0n) is 12.4. The first-order chi connectivity index (χ1) is 9.45. The maximum atomic E-state index is 11.8. The molecule has 0 atom stereocenters. The van der Waals surface area contributed by atoms with E-state index in [1.165, 1.54) is 24.0 Å². The van der Waals surface area contributed by atoms with E-state index in [9.17, 15) is 4.79 Å². The Kier molecular flexibility index (Phi) is 2.75. The van der Waals surface area contributed by atoms with Gasteiger partial charge in [0.05, 0.1) is 19.0 Å². The molecule has 0 amide bonds. The Morgan fingerprint density at radius 1 is 1.30 bits per heavy atom. The molecule has 0 radical (unpaired) electrons. The predicted molar refractivity (Wildman–Crippen MR) is 80.6 cm³/mol. The number of carbonyl (C=O) groups is 1. The first-order valence-electron chi connectivity index (χ1n) is 6.85. The van der Waals surface area contributed by atoms with Crippen molar-refractivity contribution >= 4 is 22.6 Å². The van der Waals surface area contributed by atoms with Crippen molar-refractivity contribution in [2.24, 2.45) is 0 Å². The molecule has 3 rings (SSSR count). The number of fused-ring (bicyclic) bond motifs is 3. The van der Waals surface area contributed by atoms with Crippen LogP contribution in [0.3, 0.4) is 0 Å². The number of allylic oxidation sites excluding steroid dienone is 2. The normalized spacial score (nSPS) is 16.1. The van der Waals surface area contributed by atoms with Crippen LogP contribution in [-0.4, -0.2) is 17.6 Å². The summed E-state index contributed by atoms with van der Waals surface area (Å²) in [5.41, 5.74) is 4.62. The highest BCUT2D eigenvalue weighted by Crippen LogP contribution is 2.43. The topological polar surface area (TPSA) is 31.2 Å². The van der Waals surface area contributed by atoms with Gasteiger partial charge in [-0.15, -0.1) is 0 Å². The quantitative estimate of drug-likeness (QED) is 0.781. The number of aromatic nitrogens is 1. The minimum atomic E-state index is -0.190. The van der Waals surface area contributed by atoms with E-state index in [0.717, 1.165) is 10.9 Å². The average molecular weight is 269 g/mol. The zero-order valence-corrected chi connectivity index (χ0v) is 12.4. The maximum Gasteiger partial charge on any atom is 0.310 e. The lowest BCUT2D eigenvalue weighted by Crippen LogP contribution is -2.16. The molecular formula is C17H19NO2. The van der Waals surface area contributed by atoms with Crippen molar-refractivity contribution in [3.63, 3.8) is 0 Å². The lowest BCUT2D eigenvalue weighted by atomic mass is 9.86. The van der Waals surface area contributed by atoms with Crippen LogP contribution < -0.4 is 0 Å². The minimum Gasteiger partial charge on any atom is -0.469 e. The first kappa shape index (κ1) is 13.0. The Morgan fingerprint density at radius 3 is 2.70 bits per heavy atom. The fraction of sp³-hybridized carbons (Fsp3) is 0.353. The average Bonchev–Trinajstić information content (AvgIpc) is 2.85. The van der Waals surface area contributed by atoms with Crippen LogP contribution in [0.4, 0.5) is 0 Å². The number of nitrogens with zero attached hydrogens (tertiary/aromatic N) is 1. The Balaban J connectivity index is 2.33. The second kappa shape index (κ2) is 4.23. The molecule has 0 N–H and O–H groups in total. The second-order valence-electron chi connectivity index (χ2n) is 5.94. The number of ether oxygens (including phenoxy) is 1. The van der Waals surface area contributed by atoms with Crippen LogP contribution in [-0.2, 0) is 21.4 Å². The smallest absolute Gasteiger partial charge is 0.310 e. The molecule has 3 heteroatoms. The molecule has 0 bridgehead atoms. The van der Waals surface area contributed by atoms with E-state index in [2.05, 4.69) is 43.5 Å². The Morgan fingerprint density at radius 2 is 2.00 bits per heavy atom. The van der Waals surface area contributed by atoms with E-state index >= 15 is 0 Å². The number of esters is 1. The number of methoxy groups -OCH3 is 1. The number of hydrogen-bond donors (Lipinski definition) is 0. The highest BCUT2D eigenvalue weighted by molar-refractivity contribution is 5.93. The van der Waals surface area contributed by atoms with Crippen LogP contribution in [0.5, 0.6) is 0 Å². The number of carbonyl (C=O) groups excluding carboxylic acids is 1. The van der Waals surface area contributed by atoms with Crippen molar-refractivity contribution in [1.82, 2.24) is 4.57 Å². The molecule has 0 spiro atoms. The van der Waals surface area contributed by atoms with Crippen molar-refractivity contribution in [1.29, 1.82) is 0 Å². The Labute approximate surface area is 118 Å². The standard InChI is InChI=1S/C17H19NO2/c1-11-10-17(2,3)16-13(9-15(19)20-4)12-7-5-6-8-14(12)18(11)16/h5-8,10H,9H2,1-4H3. The summed E-state index contributed by atoms with van der Waals surface area (Å²) in [5.74, 6) is -0.190. The Hall–Kier alpha value is -2.03. The van der Waals surface area contributed by atoms with Gasteiger partial charge in [-0.2, -0.15) is 0 Å². The van der Waals surface area contributed by atoms with Gasteiger partial charge in [0.15, 0.2) is 0 Å². The molecule has 0 aliphatic carbocycles. The van der Waals surface area contributed by atoms with Gasteiger partial charge in [-0.05, 0) is 18.6 Å².